The molecule has 12 aliphatic carbocycles. The molecule has 535 valence electrons. The van der Waals surface area contributed by atoms with E-state index in [1.165, 1.54) is 122 Å². The second-order valence-electron chi connectivity index (χ2n) is 33.7. The Hall–Kier alpha value is -10.6. The van der Waals surface area contributed by atoms with Crippen LogP contribution in [0, 0.1) is 94.7 Å². The Balaban J connectivity index is 0.000000118. The molecule has 10 aromatic carbocycles. The summed E-state index contributed by atoms with van der Waals surface area (Å²) in [6, 6.07) is 76.0. The van der Waals surface area contributed by atoms with Crippen LogP contribution in [0.1, 0.15) is 61.1 Å². The van der Waals surface area contributed by atoms with Crippen LogP contribution in [0.3, 0.4) is 0 Å². The zero-order valence-corrected chi connectivity index (χ0v) is 64.3. The highest BCUT2D eigenvalue weighted by Gasteiger charge is 2.55. The van der Waals surface area contributed by atoms with Crippen LogP contribution in [0.4, 0.5) is 0 Å². The van der Waals surface area contributed by atoms with E-state index in [0.717, 1.165) is 12.2 Å². The minimum atomic E-state index is -0.133. The first-order valence-corrected chi connectivity index (χ1v) is 40.8. The molecule has 1 N–H and O–H groups in total. The predicted octanol–water partition coefficient (Wildman–Crippen LogP) is 26.1. The predicted molar refractivity (Wildman–Crippen MR) is 464 cm³/mol. The number of hydrogen-bond donors (Lipinski definition) is 1. The highest BCUT2D eigenvalue weighted by molar-refractivity contribution is 9.10. The standard InChI is InChI=1S/C53H44.C28H25Br.C25H20BO2/c1-53(2)50-30-37(24-26-44(50)45-27-25-38(31-51(45)53)36-23-22-33-12-3-4-13-34(33)28-36)35-14-11-15-39(29-35)48-32-49-42-18-6-5-16-40(42)41-17-7-9-20-46(41)52(49)47-21-10-8-19-43(47)48;29-19-9-7-8-18(16-19)26-17-27-22-12-2-1-10-20(22)21-11-3-5-14-24(21)28(27)25-15-6-4-13-23(25)26;1-25(2)23-14-19(18-8-7-16-5-3-4-6-17(16)13-18)9-11-21(23)22-12-10-20(28-26-27)15-24(22)25/h3-32,40-43,46-47,49,52H,1-2H3;1-17,20-25,27-28H;3-15,27H,1-2H3. The lowest BCUT2D eigenvalue weighted by molar-refractivity contribution is 0.0513. The zero-order chi connectivity index (χ0) is 73.9. The van der Waals surface area contributed by atoms with Crippen LogP contribution >= 0.6 is 15.9 Å². The molecule has 0 spiro atoms. The van der Waals surface area contributed by atoms with E-state index in [0.29, 0.717) is 100 Å². The summed E-state index contributed by atoms with van der Waals surface area (Å²) in [6.07, 6.45) is 62.7. The highest BCUT2D eigenvalue weighted by atomic mass is 79.9. The minimum absolute atomic E-state index is 0.0986. The van der Waals surface area contributed by atoms with Gasteiger partial charge in [0.2, 0.25) is 0 Å². The number of rotatable bonds is 7. The maximum Gasteiger partial charge on any atom is 0.569 e. The smallest absolute Gasteiger partial charge is 0.537 e. The highest BCUT2D eigenvalue weighted by Crippen LogP contribution is 2.62. The summed E-state index contributed by atoms with van der Waals surface area (Å²) in [6.45, 7) is 9.30. The molecular weight excluding hydrogens is 1400 g/mol. The van der Waals surface area contributed by atoms with Gasteiger partial charge < -0.3 is 9.68 Å². The van der Waals surface area contributed by atoms with E-state index >= 15 is 0 Å². The van der Waals surface area contributed by atoms with Gasteiger partial charge in [-0.15, -0.1) is 0 Å². The van der Waals surface area contributed by atoms with Crippen LogP contribution in [-0.2, 0) is 10.8 Å². The van der Waals surface area contributed by atoms with Gasteiger partial charge in [0.15, 0.2) is 0 Å². The summed E-state index contributed by atoms with van der Waals surface area (Å²) in [7, 11) is 0.731. The molecule has 2 saturated carbocycles. The van der Waals surface area contributed by atoms with Gasteiger partial charge in [-0.3, -0.25) is 0 Å². The molecule has 0 aromatic heterocycles. The van der Waals surface area contributed by atoms with Crippen molar-refractivity contribution < 1.29 is 9.68 Å². The van der Waals surface area contributed by atoms with Crippen molar-refractivity contribution in [1.29, 1.82) is 0 Å². The Bertz CT molecular complexity index is 5860. The quantitative estimate of drug-likeness (QED) is 0.161. The van der Waals surface area contributed by atoms with Gasteiger partial charge in [0, 0.05) is 27.1 Å². The average Bonchev–Trinajstić information content (AvgIpc) is 1.57. The van der Waals surface area contributed by atoms with Crippen LogP contribution < -0.4 is 4.65 Å². The summed E-state index contributed by atoms with van der Waals surface area (Å²) >= 11 is 3.69. The number of halogens is 1. The molecule has 0 amide bonds. The van der Waals surface area contributed by atoms with E-state index in [4.69, 9.17) is 9.68 Å². The Morgan fingerprint density at radius 1 is 0.282 bits per heavy atom. The fraction of sp³-hybridized carbons (Fsp3) is 0.208. The fourth-order valence-corrected chi connectivity index (χ4v) is 22.8. The van der Waals surface area contributed by atoms with Gasteiger partial charge in [-0.2, -0.15) is 0 Å². The molecule has 12 aliphatic rings. The number of fused-ring (bicyclic) bond motifs is 24. The first kappa shape index (κ1) is 68.6. The van der Waals surface area contributed by atoms with Crippen molar-refractivity contribution in [3.05, 3.63) is 402 Å². The summed E-state index contributed by atoms with van der Waals surface area (Å²) in [5.41, 5.74) is 23.7. The normalized spacial score (nSPS) is 28.3. The molecule has 2 nitrogen and oxygen atoms in total. The average molecular weight is 1490 g/mol. The molecule has 22 rings (SSSR count). The van der Waals surface area contributed by atoms with Crippen LogP contribution in [0.15, 0.2) is 369 Å². The van der Waals surface area contributed by atoms with E-state index in [1.807, 2.05) is 12.1 Å². The largest absolute Gasteiger partial charge is 0.569 e. The van der Waals surface area contributed by atoms with Gasteiger partial charge >= 0.3 is 7.69 Å². The third-order valence-electron chi connectivity index (χ3n) is 27.5. The van der Waals surface area contributed by atoms with Crippen molar-refractivity contribution in [3.63, 3.8) is 0 Å². The van der Waals surface area contributed by atoms with E-state index < -0.39 is 0 Å². The monoisotopic (exact) mass is 1480 g/mol. The molecule has 0 saturated heterocycles. The van der Waals surface area contributed by atoms with Gasteiger partial charge in [-0.05, 0) is 265 Å². The van der Waals surface area contributed by atoms with Crippen molar-refractivity contribution in [2.45, 2.75) is 38.5 Å². The minimum Gasteiger partial charge on any atom is -0.537 e. The summed E-state index contributed by atoms with van der Waals surface area (Å²) in [5.74, 6) is 9.55. The first-order valence-electron chi connectivity index (χ1n) is 40.0. The molecule has 0 aliphatic heterocycles. The topological polar surface area (TPSA) is 29.5 Å². The summed E-state index contributed by atoms with van der Waals surface area (Å²) in [5, 5.41) is 14.0. The molecule has 2 fully saturated rings. The summed E-state index contributed by atoms with van der Waals surface area (Å²) in [4.78, 5) is 0. The molecule has 110 heavy (non-hydrogen) atoms. The molecule has 10 aromatic rings. The number of allylic oxidation sites excluding steroid dienone is 28. The van der Waals surface area contributed by atoms with Gasteiger partial charge in [0.25, 0.3) is 0 Å². The molecule has 0 heterocycles. The summed E-state index contributed by atoms with van der Waals surface area (Å²) < 4.78 is 6.35. The SMILES string of the molecule is Brc1cccc(C2=CC3C4C=CC=CC4C4C=CC=CC4C3C3C=CC=CC23)c1.CC1(C)c2cc(-c3cccc(C4=CC5C6C=CC=CC6C6C=CC=CC6C5C5C=CC=CC45)c3)ccc2-c2ccc(-c3ccc4ccccc4c3)cc21.CC1(C)c2cc(O[B]O)ccc2-c2ccc(-c3ccc4ccccc4c3)cc21. The maximum atomic E-state index is 8.96. The van der Waals surface area contributed by atoms with Crippen molar-refractivity contribution in [2.24, 2.45) is 94.7 Å². The van der Waals surface area contributed by atoms with E-state index in [-0.39, 0.29) is 10.8 Å². The number of hydrogen-bond acceptors (Lipinski definition) is 2. The fourth-order valence-electron chi connectivity index (χ4n) is 22.4. The molecule has 16 atom stereocenters. The van der Waals surface area contributed by atoms with E-state index in [2.05, 4.69) is 396 Å². The van der Waals surface area contributed by atoms with Gasteiger partial charge in [0.1, 0.15) is 5.75 Å². The van der Waals surface area contributed by atoms with Crippen molar-refractivity contribution >= 4 is 56.3 Å². The number of benzene rings is 10. The van der Waals surface area contributed by atoms with Crippen molar-refractivity contribution in [2.75, 3.05) is 0 Å². The van der Waals surface area contributed by atoms with Gasteiger partial charge in [0.05, 0.1) is 0 Å². The molecule has 4 heteroatoms. The molecule has 1 radical (unpaired) electrons. The lowest BCUT2D eigenvalue weighted by Crippen LogP contribution is -2.50. The second-order valence-corrected chi connectivity index (χ2v) is 34.6. The van der Waals surface area contributed by atoms with Crippen LogP contribution in [0.25, 0.3) is 88.3 Å². The molecule has 0 bridgehead atoms. The lowest BCUT2D eigenvalue weighted by Gasteiger charge is -2.55. The Morgan fingerprint density at radius 2 is 0.609 bits per heavy atom. The second kappa shape index (κ2) is 27.7. The van der Waals surface area contributed by atoms with E-state index in [1.54, 1.807) is 0 Å². The molecular formula is C106H89BBrO2. The van der Waals surface area contributed by atoms with Crippen molar-refractivity contribution in [1.82, 2.24) is 0 Å². The third kappa shape index (κ3) is 11.7. The van der Waals surface area contributed by atoms with E-state index in [9.17, 15) is 0 Å². The Morgan fingerprint density at radius 3 is 1.05 bits per heavy atom. The Labute approximate surface area is 658 Å². The maximum absolute atomic E-state index is 8.96. The van der Waals surface area contributed by atoms with Crippen LogP contribution in [0.5, 0.6) is 5.75 Å². The van der Waals surface area contributed by atoms with Crippen molar-refractivity contribution in [3.8, 4) is 61.4 Å². The first-order chi connectivity index (χ1) is 53.9. The lowest BCUT2D eigenvalue weighted by atomic mass is 9.48. The van der Waals surface area contributed by atoms with Crippen LogP contribution in [0.2, 0.25) is 0 Å². The van der Waals surface area contributed by atoms with Gasteiger partial charge in [-0.25, -0.2) is 0 Å². The Kier molecular flexibility index (Phi) is 17.3. The van der Waals surface area contributed by atoms with Gasteiger partial charge in [-0.1, -0.05) is 347 Å². The third-order valence-corrected chi connectivity index (χ3v) is 28.0. The van der Waals surface area contributed by atoms with Crippen LogP contribution in [-0.4, -0.2) is 12.7 Å². The molecule has 16 unspecified atom stereocenters. The zero-order valence-electron chi connectivity index (χ0n) is 62.7.